The van der Waals surface area contributed by atoms with Gasteiger partial charge in [0.1, 0.15) is 12.4 Å². The summed E-state index contributed by atoms with van der Waals surface area (Å²) in [6.07, 6.45) is 0. The molecule has 0 spiro atoms. The summed E-state index contributed by atoms with van der Waals surface area (Å²) < 4.78 is 13.2. The Morgan fingerprint density at radius 2 is 1.92 bits per heavy atom. The molecule has 0 aliphatic carbocycles. The van der Waals surface area contributed by atoms with Gasteiger partial charge in [-0.3, -0.25) is 9.59 Å². The summed E-state index contributed by atoms with van der Waals surface area (Å²) in [4.78, 5) is 25.5. The van der Waals surface area contributed by atoms with Crippen LogP contribution in [0.15, 0.2) is 36.4 Å². The smallest absolute Gasteiger partial charge is 0.244 e. The quantitative estimate of drug-likeness (QED) is 0.904. The average Bonchev–Trinajstić information content (AvgIpc) is 2.44. The van der Waals surface area contributed by atoms with Crippen molar-refractivity contribution in [2.24, 2.45) is 0 Å². The third-order valence-corrected chi connectivity index (χ3v) is 3.75. The number of nitrogens with one attached hydrogen (secondary N) is 1. The number of rotatable bonds is 4. The van der Waals surface area contributed by atoms with Crippen LogP contribution in [-0.2, 0) is 9.59 Å². The molecule has 0 heterocycles. The summed E-state index contributed by atoms with van der Waals surface area (Å²) in [6.45, 7) is 4.88. The standard InChI is InChI=1S/C18H18ClFN2O2/c1-11-7-12(2)18(16(19)8-11)22(13(3)23)10-17(24)21-15-6-4-5-14(20)9-15/h4-9H,10H2,1-3H3,(H,21,24). The van der Waals surface area contributed by atoms with E-state index < -0.39 is 11.7 Å². The molecule has 0 bridgehead atoms. The van der Waals surface area contributed by atoms with Gasteiger partial charge in [-0.25, -0.2) is 4.39 Å². The van der Waals surface area contributed by atoms with E-state index in [9.17, 15) is 14.0 Å². The van der Waals surface area contributed by atoms with E-state index in [-0.39, 0.29) is 12.5 Å². The Morgan fingerprint density at radius 3 is 2.50 bits per heavy atom. The highest BCUT2D eigenvalue weighted by atomic mass is 35.5. The van der Waals surface area contributed by atoms with Crippen molar-refractivity contribution >= 4 is 34.8 Å². The van der Waals surface area contributed by atoms with E-state index in [1.165, 1.54) is 30.0 Å². The maximum atomic E-state index is 13.2. The molecule has 0 radical (unpaired) electrons. The number of halogens is 2. The molecule has 126 valence electrons. The molecule has 0 aliphatic heterocycles. The number of carbonyl (C=O) groups excluding carboxylic acids is 2. The van der Waals surface area contributed by atoms with Crippen molar-refractivity contribution in [2.75, 3.05) is 16.8 Å². The molecule has 0 saturated heterocycles. The topological polar surface area (TPSA) is 49.4 Å². The van der Waals surface area contributed by atoms with Gasteiger partial charge in [0.15, 0.2) is 0 Å². The zero-order valence-electron chi connectivity index (χ0n) is 13.7. The number of anilines is 2. The Bertz CT molecular complexity index is 769. The molecule has 0 fully saturated rings. The molecule has 6 heteroatoms. The number of hydrogen-bond acceptors (Lipinski definition) is 2. The van der Waals surface area contributed by atoms with E-state index in [0.717, 1.165) is 11.1 Å². The second kappa shape index (κ2) is 7.45. The third kappa shape index (κ3) is 4.32. The summed E-state index contributed by atoms with van der Waals surface area (Å²) in [6, 6.07) is 9.19. The van der Waals surface area contributed by atoms with E-state index in [1.54, 1.807) is 12.1 Å². The lowest BCUT2D eigenvalue weighted by Crippen LogP contribution is -2.37. The molecule has 2 rings (SSSR count). The molecule has 2 aromatic rings. The molecule has 0 saturated carbocycles. The molecule has 2 amide bonds. The van der Waals surface area contributed by atoms with Crippen molar-refractivity contribution in [3.05, 3.63) is 58.4 Å². The van der Waals surface area contributed by atoms with Gasteiger partial charge >= 0.3 is 0 Å². The molecule has 24 heavy (non-hydrogen) atoms. The first-order valence-electron chi connectivity index (χ1n) is 7.38. The van der Waals surface area contributed by atoms with Crippen LogP contribution in [0.5, 0.6) is 0 Å². The van der Waals surface area contributed by atoms with Gasteiger partial charge in [-0.05, 0) is 49.2 Å². The van der Waals surface area contributed by atoms with Crippen LogP contribution in [0.1, 0.15) is 18.1 Å². The number of hydrogen-bond donors (Lipinski definition) is 1. The predicted octanol–water partition coefficient (Wildman–Crippen LogP) is 4.09. The van der Waals surface area contributed by atoms with E-state index in [4.69, 9.17) is 11.6 Å². The van der Waals surface area contributed by atoms with Crippen molar-refractivity contribution in [2.45, 2.75) is 20.8 Å². The summed E-state index contributed by atoms with van der Waals surface area (Å²) in [5.74, 6) is -1.20. The highest BCUT2D eigenvalue weighted by Gasteiger charge is 2.20. The first-order chi connectivity index (χ1) is 11.3. The van der Waals surface area contributed by atoms with Crippen LogP contribution >= 0.6 is 11.6 Å². The van der Waals surface area contributed by atoms with E-state index in [2.05, 4.69) is 5.32 Å². The Balaban J connectivity index is 2.23. The summed E-state index contributed by atoms with van der Waals surface area (Å²) >= 11 is 6.26. The average molecular weight is 349 g/mol. The van der Waals surface area contributed by atoms with Crippen molar-refractivity contribution in [3.63, 3.8) is 0 Å². The van der Waals surface area contributed by atoms with Crippen LogP contribution in [0.25, 0.3) is 0 Å². The SMILES string of the molecule is CC(=O)N(CC(=O)Nc1cccc(F)c1)c1c(C)cc(C)cc1Cl. The van der Waals surface area contributed by atoms with Gasteiger partial charge in [0, 0.05) is 12.6 Å². The minimum atomic E-state index is -0.450. The Kier molecular flexibility index (Phi) is 5.57. The van der Waals surface area contributed by atoms with Gasteiger partial charge in [-0.1, -0.05) is 23.7 Å². The first-order valence-corrected chi connectivity index (χ1v) is 7.76. The fourth-order valence-corrected chi connectivity index (χ4v) is 2.93. The Hall–Kier alpha value is -2.40. The largest absolute Gasteiger partial charge is 0.324 e. The van der Waals surface area contributed by atoms with Gasteiger partial charge in [-0.15, -0.1) is 0 Å². The van der Waals surface area contributed by atoms with Crippen molar-refractivity contribution in [1.82, 2.24) is 0 Å². The summed E-state index contributed by atoms with van der Waals surface area (Å²) in [7, 11) is 0. The summed E-state index contributed by atoms with van der Waals surface area (Å²) in [5.41, 5.74) is 2.60. The monoisotopic (exact) mass is 348 g/mol. The van der Waals surface area contributed by atoms with Crippen molar-refractivity contribution < 1.29 is 14.0 Å². The molecule has 0 aliphatic rings. The van der Waals surface area contributed by atoms with Crippen LogP contribution in [0.2, 0.25) is 5.02 Å². The predicted molar refractivity (Wildman–Crippen MR) is 94.0 cm³/mol. The molecule has 0 aromatic heterocycles. The van der Waals surface area contributed by atoms with Gasteiger partial charge in [-0.2, -0.15) is 0 Å². The molecule has 0 unspecified atom stereocenters. The molecule has 1 N–H and O–H groups in total. The Labute approximate surface area is 145 Å². The normalized spacial score (nSPS) is 10.4. The lowest BCUT2D eigenvalue weighted by atomic mass is 10.1. The fourth-order valence-electron chi connectivity index (χ4n) is 2.51. The maximum Gasteiger partial charge on any atom is 0.244 e. The molecule has 2 aromatic carbocycles. The number of aryl methyl sites for hydroxylation is 2. The highest BCUT2D eigenvalue weighted by molar-refractivity contribution is 6.34. The van der Waals surface area contributed by atoms with Crippen LogP contribution in [-0.4, -0.2) is 18.4 Å². The number of nitrogens with zero attached hydrogens (tertiary/aromatic N) is 1. The van der Waals surface area contributed by atoms with Crippen molar-refractivity contribution in [1.29, 1.82) is 0 Å². The van der Waals surface area contributed by atoms with Crippen molar-refractivity contribution in [3.8, 4) is 0 Å². The van der Waals surface area contributed by atoms with E-state index >= 15 is 0 Å². The molecular weight excluding hydrogens is 331 g/mol. The fraction of sp³-hybridized carbons (Fsp3) is 0.222. The lowest BCUT2D eigenvalue weighted by molar-refractivity contribution is -0.120. The first kappa shape index (κ1) is 17.9. The zero-order chi connectivity index (χ0) is 17.9. The lowest BCUT2D eigenvalue weighted by Gasteiger charge is -2.24. The molecular formula is C18H18ClFN2O2. The van der Waals surface area contributed by atoms with Gasteiger partial charge < -0.3 is 10.2 Å². The molecule has 0 atom stereocenters. The van der Waals surface area contributed by atoms with Crippen LogP contribution in [0.4, 0.5) is 15.8 Å². The van der Waals surface area contributed by atoms with Gasteiger partial charge in [0.2, 0.25) is 11.8 Å². The number of benzene rings is 2. The minimum absolute atomic E-state index is 0.213. The van der Waals surface area contributed by atoms with Gasteiger partial charge in [0.25, 0.3) is 0 Å². The van der Waals surface area contributed by atoms with Crippen LogP contribution in [0, 0.1) is 19.7 Å². The van der Waals surface area contributed by atoms with Gasteiger partial charge in [0.05, 0.1) is 10.7 Å². The third-order valence-electron chi connectivity index (χ3n) is 3.46. The molecule has 4 nitrogen and oxygen atoms in total. The number of amides is 2. The van der Waals surface area contributed by atoms with E-state index in [1.807, 2.05) is 19.9 Å². The van der Waals surface area contributed by atoms with Crippen LogP contribution < -0.4 is 10.2 Å². The maximum absolute atomic E-state index is 13.2. The Morgan fingerprint density at radius 1 is 1.21 bits per heavy atom. The summed E-state index contributed by atoms with van der Waals surface area (Å²) in [5, 5.41) is 2.98. The second-order valence-electron chi connectivity index (χ2n) is 5.58. The second-order valence-corrected chi connectivity index (χ2v) is 5.98. The van der Waals surface area contributed by atoms with Crippen LogP contribution in [0.3, 0.4) is 0 Å². The number of carbonyl (C=O) groups is 2. The zero-order valence-corrected chi connectivity index (χ0v) is 14.4. The highest BCUT2D eigenvalue weighted by Crippen LogP contribution is 2.31. The van der Waals surface area contributed by atoms with E-state index in [0.29, 0.717) is 16.4 Å². The minimum Gasteiger partial charge on any atom is -0.324 e.